The molecular weight excluding hydrogens is 336 g/mol. The van der Waals surface area contributed by atoms with E-state index >= 15 is 0 Å². The van der Waals surface area contributed by atoms with E-state index in [0.717, 1.165) is 40.9 Å². The Balaban J connectivity index is 1.50. The topological polar surface area (TPSA) is 74.3 Å². The second-order valence-electron chi connectivity index (χ2n) is 6.66. The van der Waals surface area contributed by atoms with Gasteiger partial charge in [-0.2, -0.15) is 0 Å². The second kappa shape index (κ2) is 7.00. The van der Waals surface area contributed by atoms with Gasteiger partial charge < -0.3 is 15.5 Å². The SMILES string of the molecule is O=C1NCCCC[C@@H]1NC(=O)N1CCC[C@H]1c1nc2ccccc2s1. The van der Waals surface area contributed by atoms with Crippen LogP contribution in [0.3, 0.4) is 0 Å². The Hall–Kier alpha value is -2.15. The van der Waals surface area contributed by atoms with Gasteiger partial charge in [-0.25, -0.2) is 9.78 Å². The molecule has 0 unspecified atom stereocenters. The van der Waals surface area contributed by atoms with Gasteiger partial charge in [-0.3, -0.25) is 4.79 Å². The standard InChI is InChI=1S/C18H22N4O2S/c23-16-13(7-3-4-10-19-16)21-18(24)22-11-5-8-14(22)17-20-12-6-1-2-9-15(12)25-17/h1-2,6,9,13-14H,3-5,7-8,10-11H2,(H,19,23)(H,21,24)/t13-,14-/m0/s1. The number of hydrogen-bond acceptors (Lipinski definition) is 4. The van der Waals surface area contributed by atoms with E-state index in [1.54, 1.807) is 11.3 Å². The van der Waals surface area contributed by atoms with Gasteiger partial charge in [-0.15, -0.1) is 11.3 Å². The maximum atomic E-state index is 12.8. The molecule has 2 saturated heterocycles. The minimum absolute atomic E-state index is 0.00578. The fourth-order valence-electron chi connectivity index (χ4n) is 3.61. The average Bonchev–Trinajstić information content (AvgIpc) is 3.21. The van der Waals surface area contributed by atoms with Crippen LogP contribution in [0.4, 0.5) is 4.79 Å². The Morgan fingerprint density at radius 2 is 2.12 bits per heavy atom. The predicted octanol–water partition coefficient (Wildman–Crippen LogP) is 2.81. The number of carbonyl (C=O) groups is 2. The molecule has 2 N–H and O–H groups in total. The van der Waals surface area contributed by atoms with Gasteiger partial charge in [-0.1, -0.05) is 12.1 Å². The number of hydrogen-bond donors (Lipinski definition) is 2. The number of carbonyl (C=O) groups excluding carboxylic acids is 2. The number of para-hydroxylation sites is 1. The Bertz CT molecular complexity index is 757. The largest absolute Gasteiger partial charge is 0.354 e. The normalized spacial score (nSPS) is 24.2. The average molecular weight is 358 g/mol. The Morgan fingerprint density at radius 1 is 1.24 bits per heavy atom. The van der Waals surface area contributed by atoms with E-state index < -0.39 is 6.04 Å². The summed E-state index contributed by atoms with van der Waals surface area (Å²) in [6.07, 6.45) is 4.51. The molecule has 0 spiro atoms. The third-order valence-electron chi connectivity index (χ3n) is 4.94. The molecule has 2 fully saturated rings. The van der Waals surface area contributed by atoms with Gasteiger partial charge in [0.05, 0.1) is 16.3 Å². The van der Waals surface area contributed by atoms with Crippen LogP contribution in [0.5, 0.6) is 0 Å². The molecule has 132 valence electrons. The lowest BCUT2D eigenvalue weighted by atomic mass is 10.1. The third-order valence-corrected chi connectivity index (χ3v) is 6.08. The van der Waals surface area contributed by atoms with Crippen molar-refractivity contribution in [2.75, 3.05) is 13.1 Å². The summed E-state index contributed by atoms with van der Waals surface area (Å²) in [6.45, 7) is 1.41. The first-order valence-electron chi connectivity index (χ1n) is 8.93. The molecule has 1 aromatic heterocycles. The molecule has 2 aliphatic heterocycles. The van der Waals surface area contributed by atoms with Gasteiger partial charge in [0, 0.05) is 13.1 Å². The molecule has 7 heteroatoms. The van der Waals surface area contributed by atoms with E-state index in [2.05, 4.69) is 16.7 Å². The molecule has 0 aliphatic carbocycles. The summed E-state index contributed by atoms with van der Waals surface area (Å²) < 4.78 is 1.15. The van der Waals surface area contributed by atoms with E-state index in [1.807, 2.05) is 23.1 Å². The Morgan fingerprint density at radius 3 is 3.00 bits per heavy atom. The van der Waals surface area contributed by atoms with Gasteiger partial charge in [0.15, 0.2) is 0 Å². The number of benzene rings is 1. The van der Waals surface area contributed by atoms with Crippen LogP contribution >= 0.6 is 11.3 Å². The van der Waals surface area contributed by atoms with Crippen molar-refractivity contribution >= 4 is 33.5 Å². The lowest BCUT2D eigenvalue weighted by molar-refractivity contribution is -0.122. The molecule has 0 bridgehead atoms. The minimum Gasteiger partial charge on any atom is -0.354 e. The van der Waals surface area contributed by atoms with Crippen molar-refractivity contribution in [3.8, 4) is 0 Å². The lowest BCUT2D eigenvalue weighted by Crippen LogP contribution is -2.50. The zero-order chi connectivity index (χ0) is 17.2. The first-order valence-corrected chi connectivity index (χ1v) is 9.74. The summed E-state index contributed by atoms with van der Waals surface area (Å²) in [6, 6.07) is 7.49. The van der Waals surface area contributed by atoms with E-state index in [1.165, 1.54) is 0 Å². The van der Waals surface area contributed by atoms with Crippen molar-refractivity contribution in [2.45, 2.75) is 44.2 Å². The van der Waals surface area contributed by atoms with Crippen LogP contribution in [0.15, 0.2) is 24.3 Å². The van der Waals surface area contributed by atoms with Crippen molar-refractivity contribution in [1.29, 1.82) is 0 Å². The zero-order valence-electron chi connectivity index (χ0n) is 14.0. The Kier molecular flexibility index (Phi) is 4.57. The molecule has 2 aliphatic rings. The number of nitrogens with one attached hydrogen (secondary N) is 2. The number of fused-ring (bicyclic) bond motifs is 1. The third kappa shape index (κ3) is 3.33. The van der Waals surface area contributed by atoms with Crippen molar-refractivity contribution in [3.05, 3.63) is 29.3 Å². The van der Waals surface area contributed by atoms with Crippen molar-refractivity contribution < 1.29 is 9.59 Å². The quantitative estimate of drug-likeness (QED) is 0.867. The molecule has 3 amide bonds. The summed E-state index contributed by atoms with van der Waals surface area (Å²) in [7, 11) is 0. The van der Waals surface area contributed by atoms with E-state index in [0.29, 0.717) is 19.5 Å². The van der Waals surface area contributed by atoms with Crippen molar-refractivity contribution in [2.24, 2.45) is 0 Å². The highest BCUT2D eigenvalue weighted by Gasteiger charge is 2.34. The van der Waals surface area contributed by atoms with Crippen LogP contribution in [0.25, 0.3) is 10.2 Å². The van der Waals surface area contributed by atoms with Crippen LogP contribution in [0.1, 0.15) is 43.2 Å². The van der Waals surface area contributed by atoms with Gasteiger partial charge >= 0.3 is 6.03 Å². The van der Waals surface area contributed by atoms with Crippen LogP contribution < -0.4 is 10.6 Å². The second-order valence-corrected chi connectivity index (χ2v) is 7.72. The highest BCUT2D eigenvalue weighted by atomic mass is 32.1. The number of aromatic nitrogens is 1. The highest BCUT2D eigenvalue weighted by Crippen LogP contribution is 2.36. The van der Waals surface area contributed by atoms with E-state index in [4.69, 9.17) is 4.98 Å². The number of likely N-dealkylation sites (tertiary alicyclic amines) is 1. The fourth-order valence-corrected chi connectivity index (χ4v) is 4.72. The lowest BCUT2D eigenvalue weighted by Gasteiger charge is -2.26. The van der Waals surface area contributed by atoms with Gasteiger partial charge in [0.2, 0.25) is 5.91 Å². The van der Waals surface area contributed by atoms with Crippen LogP contribution in [0, 0.1) is 0 Å². The molecule has 6 nitrogen and oxygen atoms in total. The Labute approximate surface area is 150 Å². The molecule has 2 atom stereocenters. The smallest absolute Gasteiger partial charge is 0.318 e. The molecule has 0 radical (unpaired) electrons. The maximum Gasteiger partial charge on any atom is 0.318 e. The van der Waals surface area contributed by atoms with Crippen LogP contribution in [0.2, 0.25) is 0 Å². The molecule has 25 heavy (non-hydrogen) atoms. The molecule has 1 aromatic carbocycles. The first kappa shape index (κ1) is 16.3. The number of thiazole rings is 1. The van der Waals surface area contributed by atoms with Gasteiger partial charge in [0.1, 0.15) is 11.0 Å². The summed E-state index contributed by atoms with van der Waals surface area (Å²) >= 11 is 1.65. The zero-order valence-corrected chi connectivity index (χ0v) is 14.8. The predicted molar refractivity (Wildman–Crippen MR) is 97.5 cm³/mol. The molecule has 4 rings (SSSR count). The van der Waals surface area contributed by atoms with Crippen molar-refractivity contribution in [3.63, 3.8) is 0 Å². The summed E-state index contributed by atoms with van der Waals surface area (Å²) in [4.78, 5) is 31.4. The number of urea groups is 1. The monoisotopic (exact) mass is 358 g/mol. The van der Waals surface area contributed by atoms with Crippen molar-refractivity contribution in [1.82, 2.24) is 20.5 Å². The molecule has 2 aromatic rings. The molecule has 0 saturated carbocycles. The van der Waals surface area contributed by atoms with E-state index in [-0.39, 0.29) is 18.0 Å². The number of amides is 3. The first-order chi connectivity index (χ1) is 12.2. The summed E-state index contributed by atoms with van der Waals surface area (Å²) in [5, 5.41) is 6.79. The van der Waals surface area contributed by atoms with Gasteiger partial charge in [-0.05, 0) is 44.2 Å². The van der Waals surface area contributed by atoms with E-state index in [9.17, 15) is 9.59 Å². The van der Waals surface area contributed by atoms with Gasteiger partial charge in [0.25, 0.3) is 0 Å². The molecular formula is C18H22N4O2S. The maximum absolute atomic E-state index is 12.8. The van der Waals surface area contributed by atoms with Crippen LogP contribution in [-0.2, 0) is 4.79 Å². The summed E-state index contributed by atoms with van der Waals surface area (Å²) in [5.41, 5.74) is 0.984. The number of nitrogens with zero attached hydrogens (tertiary/aromatic N) is 2. The number of rotatable bonds is 2. The van der Waals surface area contributed by atoms with Crippen LogP contribution in [-0.4, -0.2) is 41.0 Å². The fraction of sp³-hybridized carbons (Fsp3) is 0.500. The summed E-state index contributed by atoms with van der Waals surface area (Å²) in [5.74, 6) is -0.0680. The molecule has 3 heterocycles. The minimum atomic E-state index is -0.424. The highest BCUT2D eigenvalue weighted by molar-refractivity contribution is 7.18.